The van der Waals surface area contributed by atoms with Gasteiger partial charge in [0.2, 0.25) is 0 Å². The minimum atomic E-state index is -3.81. The van der Waals surface area contributed by atoms with Gasteiger partial charge in [-0.25, -0.2) is 21.8 Å². The van der Waals surface area contributed by atoms with Crippen LogP contribution in [0.4, 0.5) is 5.82 Å². The molecular weight excluding hydrogens is 438 g/mol. The average molecular weight is 466 g/mol. The summed E-state index contributed by atoms with van der Waals surface area (Å²) in [5.41, 5.74) is 0. The van der Waals surface area contributed by atoms with Gasteiger partial charge in [-0.05, 0) is 43.3 Å². The number of nitrogens with zero attached hydrogens (tertiary/aromatic N) is 3. The van der Waals surface area contributed by atoms with Crippen molar-refractivity contribution in [2.75, 3.05) is 49.2 Å². The fraction of sp³-hybridized carbons (Fsp3) is 0.476. The van der Waals surface area contributed by atoms with Crippen LogP contribution in [-0.4, -0.2) is 82.3 Å². The molecule has 2 aliphatic rings. The number of sulfone groups is 2. The van der Waals surface area contributed by atoms with E-state index in [4.69, 9.17) is 4.74 Å². The van der Waals surface area contributed by atoms with Crippen LogP contribution in [0.15, 0.2) is 53.6 Å². The number of anilines is 1. The summed E-state index contributed by atoms with van der Waals surface area (Å²) < 4.78 is 57.1. The van der Waals surface area contributed by atoms with E-state index >= 15 is 0 Å². The van der Waals surface area contributed by atoms with E-state index in [2.05, 4.69) is 9.88 Å². The Kier molecular flexibility index (Phi) is 6.23. The van der Waals surface area contributed by atoms with Gasteiger partial charge in [-0.1, -0.05) is 6.07 Å². The summed E-state index contributed by atoms with van der Waals surface area (Å²) in [7, 11) is -7.25. The zero-order valence-electron chi connectivity index (χ0n) is 17.4. The zero-order valence-corrected chi connectivity index (χ0v) is 19.1. The van der Waals surface area contributed by atoms with Gasteiger partial charge in [0, 0.05) is 38.4 Å². The number of aromatic nitrogens is 1. The molecule has 0 bridgehead atoms. The maximum Gasteiger partial charge on any atom is 0.183 e. The quantitative estimate of drug-likeness (QED) is 0.629. The first-order valence-corrected chi connectivity index (χ1v) is 13.7. The molecule has 0 aliphatic carbocycles. The van der Waals surface area contributed by atoms with E-state index in [-0.39, 0.29) is 16.4 Å². The van der Waals surface area contributed by atoms with Gasteiger partial charge in [0.05, 0.1) is 28.3 Å². The van der Waals surface area contributed by atoms with Crippen LogP contribution in [0.3, 0.4) is 0 Å². The molecule has 168 valence electrons. The fourth-order valence-electron chi connectivity index (χ4n) is 4.32. The molecule has 10 heteroatoms. The highest BCUT2D eigenvalue weighted by Crippen LogP contribution is 2.30. The third-order valence-corrected chi connectivity index (χ3v) is 10.0. The van der Waals surface area contributed by atoms with Gasteiger partial charge in [0.15, 0.2) is 19.7 Å². The Morgan fingerprint density at radius 2 is 1.74 bits per heavy atom. The van der Waals surface area contributed by atoms with E-state index in [1.165, 1.54) is 12.1 Å². The van der Waals surface area contributed by atoms with Crippen LogP contribution in [0.1, 0.15) is 6.92 Å². The minimum absolute atomic E-state index is 0.127. The van der Waals surface area contributed by atoms with Crippen molar-refractivity contribution < 1.29 is 21.6 Å². The topological polar surface area (TPSA) is 96.9 Å². The molecule has 2 saturated heterocycles. The summed E-state index contributed by atoms with van der Waals surface area (Å²) in [5, 5.41) is -0.975. The zero-order chi connectivity index (χ0) is 22.1. The number of hydrogen-bond donors (Lipinski definition) is 0. The van der Waals surface area contributed by atoms with Crippen LogP contribution >= 0.6 is 0 Å². The standard InChI is InChI=1S/C21H27N3O5S2/c1-2-29-17-6-8-18(9-7-17)31(27,28)20-16-30(25,26)15-19(20)23-11-13-24(14-12-23)21-5-3-4-10-22-21/h3-10,19-20H,2,11-16H2,1H3. The summed E-state index contributed by atoms with van der Waals surface area (Å²) in [6, 6.07) is 11.4. The normalized spacial score (nSPS) is 24.2. The molecule has 8 nitrogen and oxygen atoms in total. The first-order valence-electron chi connectivity index (χ1n) is 10.4. The van der Waals surface area contributed by atoms with Crippen LogP contribution in [0.5, 0.6) is 5.75 Å². The van der Waals surface area contributed by atoms with Gasteiger partial charge in [0.25, 0.3) is 0 Å². The van der Waals surface area contributed by atoms with Gasteiger partial charge in [-0.3, -0.25) is 4.90 Å². The van der Waals surface area contributed by atoms with Crippen LogP contribution in [0.2, 0.25) is 0 Å². The molecule has 31 heavy (non-hydrogen) atoms. The number of hydrogen-bond acceptors (Lipinski definition) is 8. The summed E-state index contributed by atoms with van der Waals surface area (Å²) in [5.74, 6) is 0.994. The van der Waals surface area contributed by atoms with Gasteiger partial charge in [-0.15, -0.1) is 0 Å². The molecule has 2 aliphatic heterocycles. The molecule has 2 atom stereocenters. The number of rotatable bonds is 6. The predicted molar refractivity (Wildman–Crippen MR) is 119 cm³/mol. The third-order valence-electron chi connectivity index (χ3n) is 5.89. The summed E-state index contributed by atoms with van der Waals surface area (Å²) in [4.78, 5) is 8.65. The molecule has 2 unspecified atom stereocenters. The molecule has 2 fully saturated rings. The second kappa shape index (κ2) is 8.76. The van der Waals surface area contributed by atoms with E-state index in [1.807, 2.05) is 30.0 Å². The summed E-state index contributed by atoms with van der Waals surface area (Å²) in [6.07, 6.45) is 1.74. The lowest BCUT2D eigenvalue weighted by Gasteiger charge is -2.39. The Labute approximate surface area is 183 Å². The number of pyridine rings is 1. The van der Waals surface area contributed by atoms with Crippen molar-refractivity contribution in [2.24, 2.45) is 0 Å². The predicted octanol–water partition coefficient (Wildman–Crippen LogP) is 1.24. The molecule has 0 saturated carbocycles. The molecule has 0 N–H and O–H groups in total. The van der Waals surface area contributed by atoms with E-state index in [9.17, 15) is 16.8 Å². The van der Waals surface area contributed by atoms with Gasteiger partial charge in [-0.2, -0.15) is 0 Å². The second-order valence-electron chi connectivity index (χ2n) is 7.84. The van der Waals surface area contributed by atoms with Crippen molar-refractivity contribution in [3.8, 4) is 5.75 Å². The highest BCUT2D eigenvalue weighted by atomic mass is 32.2. The Balaban J connectivity index is 1.53. The maximum atomic E-state index is 13.4. The van der Waals surface area contributed by atoms with Crippen molar-refractivity contribution in [1.29, 1.82) is 0 Å². The number of benzene rings is 1. The molecule has 4 rings (SSSR count). The Hall–Kier alpha value is -2.17. The number of piperazine rings is 1. The largest absolute Gasteiger partial charge is 0.494 e. The molecular formula is C21H27N3O5S2. The van der Waals surface area contributed by atoms with Gasteiger partial charge < -0.3 is 9.64 Å². The second-order valence-corrected chi connectivity index (χ2v) is 12.2. The third kappa shape index (κ3) is 4.70. The fourth-order valence-corrected chi connectivity index (χ4v) is 9.15. The maximum absolute atomic E-state index is 13.4. The Morgan fingerprint density at radius 1 is 1.03 bits per heavy atom. The summed E-state index contributed by atoms with van der Waals surface area (Å²) in [6.45, 7) is 4.86. The lowest BCUT2D eigenvalue weighted by molar-refractivity contribution is 0.201. The van der Waals surface area contributed by atoms with Gasteiger partial charge >= 0.3 is 0 Å². The molecule has 0 amide bonds. The summed E-state index contributed by atoms with van der Waals surface area (Å²) >= 11 is 0. The molecule has 1 aromatic carbocycles. The monoisotopic (exact) mass is 465 g/mol. The highest BCUT2D eigenvalue weighted by molar-refractivity contribution is 7.96. The average Bonchev–Trinajstić information content (AvgIpc) is 3.11. The lowest BCUT2D eigenvalue weighted by Crippen LogP contribution is -2.55. The van der Waals surface area contributed by atoms with Crippen LogP contribution in [0, 0.1) is 0 Å². The van der Waals surface area contributed by atoms with Crippen molar-refractivity contribution in [1.82, 2.24) is 9.88 Å². The van der Waals surface area contributed by atoms with Crippen LogP contribution in [-0.2, 0) is 19.7 Å². The van der Waals surface area contributed by atoms with Crippen molar-refractivity contribution in [2.45, 2.75) is 23.1 Å². The van der Waals surface area contributed by atoms with Crippen LogP contribution < -0.4 is 9.64 Å². The molecule has 3 heterocycles. The molecule has 0 spiro atoms. The number of ether oxygens (including phenoxy) is 1. The SMILES string of the molecule is CCOc1ccc(S(=O)(=O)C2CS(=O)(=O)CC2N2CCN(c3ccccn3)CC2)cc1. The molecule has 1 aromatic heterocycles. The lowest BCUT2D eigenvalue weighted by atomic mass is 10.2. The highest BCUT2D eigenvalue weighted by Gasteiger charge is 2.48. The van der Waals surface area contributed by atoms with E-state index < -0.39 is 31.0 Å². The first kappa shape index (κ1) is 22.0. The van der Waals surface area contributed by atoms with Crippen molar-refractivity contribution in [3.63, 3.8) is 0 Å². The van der Waals surface area contributed by atoms with E-state index in [0.717, 1.165) is 5.82 Å². The van der Waals surface area contributed by atoms with E-state index in [0.29, 0.717) is 38.5 Å². The Bertz CT molecular complexity index is 1100. The van der Waals surface area contributed by atoms with Crippen LogP contribution in [0.25, 0.3) is 0 Å². The first-order chi connectivity index (χ1) is 14.8. The van der Waals surface area contributed by atoms with Gasteiger partial charge in [0.1, 0.15) is 11.6 Å². The minimum Gasteiger partial charge on any atom is -0.494 e. The van der Waals surface area contributed by atoms with Crippen molar-refractivity contribution in [3.05, 3.63) is 48.7 Å². The molecule has 2 aromatic rings. The Morgan fingerprint density at radius 3 is 2.35 bits per heavy atom. The smallest absolute Gasteiger partial charge is 0.183 e. The molecule has 0 radical (unpaired) electrons. The van der Waals surface area contributed by atoms with Crippen molar-refractivity contribution >= 4 is 25.5 Å². The van der Waals surface area contributed by atoms with E-state index in [1.54, 1.807) is 18.3 Å².